The van der Waals surface area contributed by atoms with Gasteiger partial charge >= 0.3 is 0 Å². The van der Waals surface area contributed by atoms with Crippen molar-refractivity contribution in [3.8, 4) is 11.8 Å². The summed E-state index contributed by atoms with van der Waals surface area (Å²) >= 11 is 0. The Bertz CT molecular complexity index is 266. The van der Waals surface area contributed by atoms with Crippen molar-refractivity contribution in [2.45, 2.75) is 32.3 Å². The summed E-state index contributed by atoms with van der Waals surface area (Å²) in [5.74, 6) is 7.58. The third kappa shape index (κ3) is 1.28. The Morgan fingerprint density at radius 2 is 2.33 bits per heavy atom. The molecule has 0 amide bonds. The van der Waals surface area contributed by atoms with E-state index in [0.29, 0.717) is 11.8 Å². The number of aliphatic hydroxyl groups excluding tert-OH is 1. The van der Waals surface area contributed by atoms with E-state index in [1.54, 1.807) is 0 Å². The average molecular weight is 162 g/mol. The van der Waals surface area contributed by atoms with E-state index in [9.17, 15) is 5.11 Å². The maximum atomic E-state index is 9.39. The van der Waals surface area contributed by atoms with E-state index in [2.05, 4.69) is 18.8 Å². The first kappa shape index (κ1) is 7.89. The summed E-state index contributed by atoms with van der Waals surface area (Å²) in [6.45, 7) is 2.25. The number of allylic oxidation sites excluding steroid dienone is 1. The molecule has 1 nitrogen and oxygen atoms in total. The lowest BCUT2D eigenvalue weighted by atomic mass is 9.75. The van der Waals surface area contributed by atoms with Gasteiger partial charge in [0.05, 0.1) is 6.10 Å². The van der Waals surface area contributed by atoms with Gasteiger partial charge in [0.1, 0.15) is 0 Å². The molecular weight excluding hydrogens is 148 g/mol. The highest BCUT2D eigenvalue weighted by atomic mass is 16.3. The Labute approximate surface area is 73.5 Å². The van der Waals surface area contributed by atoms with Crippen molar-refractivity contribution in [3.05, 3.63) is 11.6 Å². The molecule has 0 aliphatic heterocycles. The lowest BCUT2D eigenvalue weighted by molar-refractivity contribution is 0.182. The number of rotatable bonds is 0. The Hall–Kier alpha value is -0.740. The van der Waals surface area contributed by atoms with Crippen LogP contribution in [0.2, 0.25) is 0 Å². The molecule has 1 N–H and O–H groups in total. The highest BCUT2D eigenvalue weighted by Crippen LogP contribution is 2.34. The molecule has 0 aromatic carbocycles. The molecule has 2 rings (SSSR count). The summed E-state index contributed by atoms with van der Waals surface area (Å²) in [6.07, 6.45) is 4.76. The Morgan fingerprint density at radius 1 is 1.50 bits per heavy atom. The van der Waals surface area contributed by atoms with Crippen LogP contribution < -0.4 is 0 Å². The molecule has 2 aliphatic rings. The molecule has 0 saturated heterocycles. The summed E-state index contributed by atoms with van der Waals surface area (Å²) in [5.41, 5.74) is 1.19. The Morgan fingerprint density at radius 3 is 3.17 bits per heavy atom. The van der Waals surface area contributed by atoms with Gasteiger partial charge in [-0.3, -0.25) is 0 Å². The fourth-order valence-electron chi connectivity index (χ4n) is 2.10. The molecule has 1 heteroatoms. The molecule has 0 aromatic heterocycles. The quantitative estimate of drug-likeness (QED) is 0.538. The van der Waals surface area contributed by atoms with Crippen LogP contribution in [0.15, 0.2) is 11.6 Å². The molecular formula is C11H14O. The summed E-state index contributed by atoms with van der Waals surface area (Å²) < 4.78 is 0. The van der Waals surface area contributed by atoms with Crippen LogP contribution in [0.25, 0.3) is 0 Å². The van der Waals surface area contributed by atoms with E-state index in [0.717, 1.165) is 19.3 Å². The summed E-state index contributed by atoms with van der Waals surface area (Å²) in [7, 11) is 0. The van der Waals surface area contributed by atoms with Gasteiger partial charge < -0.3 is 5.11 Å². The molecule has 12 heavy (non-hydrogen) atoms. The van der Waals surface area contributed by atoms with Crippen LogP contribution in [-0.2, 0) is 0 Å². The number of aliphatic hydroxyl groups is 1. The minimum Gasteiger partial charge on any atom is -0.389 e. The van der Waals surface area contributed by atoms with E-state index in [4.69, 9.17) is 0 Å². The third-order valence-corrected chi connectivity index (χ3v) is 2.89. The minimum atomic E-state index is -0.240. The van der Waals surface area contributed by atoms with E-state index < -0.39 is 0 Å². The third-order valence-electron chi connectivity index (χ3n) is 2.89. The van der Waals surface area contributed by atoms with Crippen molar-refractivity contribution in [1.82, 2.24) is 0 Å². The van der Waals surface area contributed by atoms with E-state index in [1.807, 2.05) is 6.08 Å². The van der Waals surface area contributed by atoms with Gasteiger partial charge in [-0.25, -0.2) is 0 Å². The van der Waals surface area contributed by atoms with E-state index in [1.165, 1.54) is 5.57 Å². The zero-order valence-corrected chi connectivity index (χ0v) is 7.38. The second-order valence-electron chi connectivity index (χ2n) is 3.86. The predicted molar refractivity (Wildman–Crippen MR) is 48.4 cm³/mol. The standard InChI is InChI=1S/C11H14O/c1-8-3-2-4-9-7-10(12)5-6-11(8)9/h7-8,10-12H,3,5-6H2,1H3. The SMILES string of the molecule is CC1CC#CC2=CC(O)CCC21. The molecule has 0 spiro atoms. The number of hydrogen-bond acceptors (Lipinski definition) is 1. The Kier molecular flexibility index (Phi) is 1.94. The zero-order valence-electron chi connectivity index (χ0n) is 7.38. The molecule has 0 aromatic rings. The van der Waals surface area contributed by atoms with Crippen LogP contribution >= 0.6 is 0 Å². The average Bonchev–Trinajstić information content (AvgIpc) is 2.04. The smallest absolute Gasteiger partial charge is 0.0733 e. The lowest BCUT2D eigenvalue weighted by Crippen LogP contribution is -2.23. The van der Waals surface area contributed by atoms with Crippen LogP contribution in [0.4, 0.5) is 0 Å². The van der Waals surface area contributed by atoms with Gasteiger partial charge in [0, 0.05) is 12.0 Å². The molecule has 3 unspecified atom stereocenters. The molecule has 0 heterocycles. The second-order valence-corrected chi connectivity index (χ2v) is 3.86. The minimum absolute atomic E-state index is 0.240. The van der Waals surface area contributed by atoms with Crippen molar-refractivity contribution >= 4 is 0 Å². The van der Waals surface area contributed by atoms with Gasteiger partial charge in [-0.2, -0.15) is 0 Å². The first-order valence-electron chi connectivity index (χ1n) is 4.66. The molecule has 0 saturated carbocycles. The lowest BCUT2D eigenvalue weighted by Gasteiger charge is -2.30. The first-order chi connectivity index (χ1) is 5.77. The molecule has 3 atom stereocenters. The summed E-state index contributed by atoms with van der Waals surface area (Å²) in [6, 6.07) is 0. The molecule has 64 valence electrons. The van der Waals surface area contributed by atoms with Gasteiger partial charge in [-0.05, 0) is 30.8 Å². The van der Waals surface area contributed by atoms with Crippen LogP contribution in [0.5, 0.6) is 0 Å². The van der Waals surface area contributed by atoms with Crippen molar-refractivity contribution in [2.24, 2.45) is 11.8 Å². The molecule has 0 fully saturated rings. The van der Waals surface area contributed by atoms with Crippen LogP contribution in [0, 0.1) is 23.7 Å². The predicted octanol–water partition coefficient (Wildman–Crippen LogP) is 1.73. The molecule has 0 radical (unpaired) electrons. The second kappa shape index (κ2) is 2.95. The first-order valence-corrected chi connectivity index (χ1v) is 4.66. The topological polar surface area (TPSA) is 20.2 Å². The van der Waals surface area contributed by atoms with Gasteiger partial charge in [-0.1, -0.05) is 18.8 Å². The Balaban J connectivity index is 2.28. The van der Waals surface area contributed by atoms with Gasteiger partial charge in [0.2, 0.25) is 0 Å². The van der Waals surface area contributed by atoms with Crippen molar-refractivity contribution in [1.29, 1.82) is 0 Å². The van der Waals surface area contributed by atoms with E-state index in [-0.39, 0.29) is 6.10 Å². The van der Waals surface area contributed by atoms with Crippen molar-refractivity contribution in [3.63, 3.8) is 0 Å². The monoisotopic (exact) mass is 162 g/mol. The van der Waals surface area contributed by atoms with E-state index >= 15 is 0 Å². The maximum absolute atomic E-state index is 9.39. The van der Waals surface area contributed by atoms with Crippen LogP contribution in [-0.4, -0.2) is 11.2 Å². The summed E-state index contributed by atoms with van der Waals surface area (Å²) in [4.78, 5) is 0. The van der Waals surface area contributed by atoms with Crippen molar-refractivity contribution in [2.75, 3.05) is 0 Å². The fourth-order valence-corrected chi connectivity index (χ4v) is 2.10. The molecule has 0 bridgehead atoms. The maximum Gasteiger partial charge on any atom is 0.0733 e. The highest BCUT2D eigenvalue weighted by molar-refractivity contribution is 5.36. The fraction of sp³-hybridized carbons (Fsp3) is 0.636. The zero-order chi connectivity index (χ0) is 8.55. The van der Waals surface area contributed by atoms with Gasteiger partial charge in [0.15, 0.2) is 0 Å². The largest absolute Gasteiger partial charge is 0.389 e. The normalized spacial score (nSPS) is 39.2. The number of fused-ring (bicyclic) bond motifs is 1. The summed E-state index contributed by atoms with van der Waals surface area (Å²) in [5, 5.41) is 9.39. The van der Waals surface area contributed by atoms with Crippen molar-refractivity contribution < 1.29 is 5.11 Å². The molecule has 2 aliphatic carbocycles. The number of hydrogen-bond donors (Lipinski definition) is 1. The van der Waals surface area contributed by atoms with Crippen LogP contribution in [0.3, 0.4) is 0 Å². The van der Waals surface area contributed by atoms with Gasteiger partial charge in [-0.15, -0.1) is 0 Å². The van der Waals surface area contributed by atoms with Gasteiger partial charge in [0.25, 0.3) is 0 Å². The van der Waals surface area contributed by atoms with Crippen LogP contribution in [0.1, 0.15) is 26.2 Å². The highest BCUT2D eigenvalue weighted by Gasteiger charge is 2.26.